The van der Waals surface area contributed by atoms with E-state index < -0.39 is 23.5 Å². The van der Waals surface area contributed by atoms with Gasteiger partial charge in [-0.05, 0) is 51.0 Å². The number of likely N-dealkylation sites (N-methyl/N-ethyl adjacent to an activating group) is 1. The molecule has 5 rings (SSSR count). The van der Waals surface area contributed by atoms with Crippen molar-refractivity contribution in [1.82, 2.24) is 24.9 Å². The van der Waals surface area contributed by atoms with E-state index in [4.69, 9.17) is 14.2 Å². The van der Waals surface area contributed by atoms with Crippen LogP contribution in [0.4, 0.5) is 30.5 Å². The maximum Gasteiger partial charge on any atom is 0.421 e. The van der Waals surface area contributed by atoms with Gasteiger partial charge in [0.05, 0.1) is 43.1 Å². The molecule has 0 atom stereocenters. The zero-order chi connectivity index (χ0) is 36.8. The van der Waals surface area contributed by atoms with Crippen LogP contribution < -0.4 is 19.9 Å². The lowest BCUT2D eigenvalue weighted by atomic mass is 9.74. The first-order chi connectivity index (χ1) is 24.4. The molecule has 4 aromatic heterocycles. The molecule has 1 amide bonds. The number of carbonyl (C=O) groups is 2. The smallest absolute Gasteiger partial charge is 0.421 e. The van der Waals surface area contributed by atoms with Crippen molar-refractivity contribution < 1.29 is 37.0 Å². The predicted molar refractivity (Wildman–Crippen MR) is 186 cm³/mol. The first-order valence-electron chi connectivity index (χ1n) is 16.8. The molecule has 0 bridgehead atoms. The number of aromatic amines is 1. The molecule has 51 heavy (non-hydrogen) atoms. The van der Waals surface area contributed by atoms with E-state index in [2.05, 4.69) is 30.2 Å². The minimum absolute atomic E-state index is 0.0165. The van der Waals surface area contributed by atoms with E-state index in [0.717, 1.165) is 38.2 Å². The second-order valence-corrected chi connectivity index (χ2v) is 12.7. The number of methoxy groups -OCH3 is 1. The molecule has 1 saturated carbocycles. The quantitative estimate of drug-likeness (QED) is 0.146. The number of pyridine rings is 3. The van der Waals surface area contributed by atoms with E-state index in [1.807, 2.05) is 11.9 Å². The van der Waals surface area contributed by atoms with Gasteiger partial charge in [0.1, 0.15) is 23.3 Å². The number of nitrogens with zero attached hydrogens (tertiary/aromatic N) is 6. The summed E-state index contributed by atoms with van der Waals surface area (Å²) in [5, 5.41) is 2.72. The van der Waals surface area contributed by atoms with Crippen LogP contribution in [0.2, 0.25) is 0 Å². The van der Waals surface area contributed by atoms with E-state index in [-0.39, 0.29) is 59.7 Å². The van der Waals surface area contributed by atoms with Crippen molar-refractivity contribution in [2.45, 2.75) is 52.1 Å². The lowest BCUT2D eigenvalue weighted by Gasteiger charge is -2.40. The Labute approximate surface area is 293 Å². The summed E-state index contributed by atoms with van der Waals surface area (Å²) in [6.07, 6.45) is 3.28. The lowest BCUT2D eigenvalue weighted by Crippen LogP contribution is -2.40. The minimum atomic E-state index is -4.71. The van der Waals surface area contributed by atoms with Crippen molar-refractivity contribution in [3.8, 4) is 17.1 Å². The number of esters is 1. The molecular weight excluding hydrogens is 669 g/mol. The number of imidazole rings is 1. The lowest BCUT2D eigenvalue weighted by molar-refractivity contribution is -0.141. The van der Waals surface area contributed by atoms with E-state index in [9.17, 15) is 22.8 Å². The van der Waals surface area contributed by atoms with Crippen molar-refractivity contribution >= 4 is 40.4 Å². The van der Waals surface area contributed by atoms with Gasteiger partial charge in [-0.3, -0.25) is 14.9 Å². The number of alkyl halides is 3. The average Bonchev–Trinajstić information content (AvgIpc) is 3.50. The van der Waals surface area contributed by atoms with Crippen LogP contribution in [0.5, 0.6) is 5.88 Å². The number of aromatic nitrogens is 5. The molecular formula is C35H43F3N8O5. The molecule has 1 aliphatic rings. The van der Waals surface area contributed by atoms with Gasteiger partial charge in [-0.2, -0.15) is 18.2 Å². The molecule has 0 radical (unpaired) electrons. The van der Waals surface area contributed by atoms with Crippen LogP contribution in [0.15, 0.2) is 36.7 Å². The first-order valence-corrected chi connectivity index (χ1v) is 16.8. The fraction of sp³-hybridized carbons (Fsp3) is 0.486. The second-order valence-electron chi connectivity index (χ2n) is 12.7. The molecule has 13 nitrogen and oxygen atoms in total. The van der Waals surface area contributed by atoms with E-state index in [0.29, 0.717) is 30.0 Å². The highest BCUT2D eigenvalue weighted by atomic mass is 19.4. The molecule has 0 aromatic carbocycles. The number of H-pyrrole nitrogens is 1. The molecule has 16 heteroatoms. The van der Waals surface area contributed by atoms with Crippen molar-refractivity contribution in [3.63, 3.8) is 0 Å². The highest BCUT2D eigenvalue weighted by Gasteiger charge is 2.37. The fourth-order valence-corrected chi connectivity index (χ4v) is 6.48. The number of halogens is 3. The molecule has 274 valence electrons. The van der Waals surface area contributed by atoms with E-state index >= 15 is 0 Å². The SMILES string of the molecule is CCOC(=O)CN(C)c1ccc(C(=O)Nc2nc3nc(-c4cnc(OCC)c(C(F)(F)F)c4)cc(N(C)CC4(COC)CCCCC4)c3[nH]2)nc1. The Morgan fingerprint density at radius 2 is 1.76 bits per heavy atom. The third-order valence-electron chi connectivity index (χ3n) is 8.85. The van der Waals surface area contributed by atoms with Crippen LogP contribution in [-0.4, -0.2) is 90.9 Å². The Hall–Kier alpha value is -4.99. The molecule has 4 aromatic rings. The van der Waals surface area contributed by atoms with Gasteiger partial charge in [0, 0.05) is 44.9 Å². The van der Waals surface area contributed by atoms with Gasteiger partial charge < -0.3 is 29.0 Å². The van der Waals surface area contributed by atoms with Gasteiger partial charge in [-0.15, -0.1) is 0 Å². The van der Waals surface area contributed by atoms with Gasteiger partial charge in [0.2, 0.25) is 11.8 Å². The van der Waals surface area contributed by atoms with Crippen molar-refractivity contribution in [1.29, 1.82) is 0 Å². The Balaban J connectivity index is 1.49. The summed E-state index contributed by atoms with van der Waals surface area (Å²) in [5.74, 6) is -1.39. The maximum absolute atomic E-state index is 14.1. The Kier molecular flexibility index (Phi) is 11.6. The zero-order valence-corrected chi connectivity index (χ0v) is 29.4. The Morgan fingerprint density at radius 3 is 2.41 bits per heavy atom. The third kappa shape index (κ3) is 8.85. The summed E-state index contributed by atoms with van der Waals surface area (Å²) in [7, 11) is 5.30. The van der Waals surface area contributed by atoms with E-state index in [1.54, 1.807) is 45.0 Å². The highest BCUT2D eigenvalue weighted by molar-refractivity contribution is 6.03. The standard InChI is InChI=1S/C35H43F3N8O5/c1-6-50-28(47)19-45(3)23-11-12-25(39-18-23)31(48)44-33-42-29-27(46(4)20-34(21-49-5)13-9-8-10-14-34)16-26(41-30(29)43-33)22-15-24(35(36,37)38)32(40-17-22)51-7-2/h11-12,15-18H,6-10,13-14,19-21H2,1-5H3,(H2,41,42,43,44,48). The summed E-state index contributed by atoms with van der Waals surface area (Å²) in [4.78, 5) is 49.3. The number of rotatable bonds is 14. The molecule has 0 aliphatic heterocycles. The van der Waals surface area contributed by atoms with Gasteiger partial charge in [0.25, 0.3) is 5.91 Å². The molecule has 0 spiro atoms. The summed E-state index contributed by atoms with van der Waals surface area (Å²) in [6, 6.07) is 5.83. The summed E-state index contributed by atoms with van der Waals surface area (Å²) < 4.78 is 58.0. The predicted octanol–water partition coefficient (Wildman–Crippen LogP) is 6.12. The molecule has 4 heterocycles. The Morgan fingerprint density at radius 1 is 1.00 bits per heavy atom. The van der Waals surface area contributed by atoms with Crippen molar-refractivity contribution in [2.75, 3.05) is 69.2 Å². The van der Waals surface area contributed by atoms with Gasteiger partial charge >= 0.3 is 12.1 Å². The Bertz CT molecular complexity index is 1820. The summed E-state index contributed by atoms with van der Waals surface area (Å²) in [5.41, 5.74) is 1.18. The number of carbonyl (C=O) groups excluding carboxylic acids is 2. The maximum atomic E-state index is 14.1. The van der Waals surface area contributed by atoms with E-state index in [1.165, 1.54) is 18.5 Å². The largest absolute Gasteiger partial charge is 0.478 e. The number of ether oxygens (including phenoxy) is 3. The number of hydrogen-bond acceptors (Lipinski definition) is 11. The molecule has 0 unspecified atom stereocenters. The average molecular weight is 713 g/mol. The van der Waals surface area contributed by atoms with Crippen LogP contribution in [0, 0.1) is 5.41 Å². The van der Waals surface area contributed by atoms with Gasteiger partial charge in [-0.25, -0.2) is 15.0 Å². The number of anilines is 3. The normalized spacial score (nSPS) is 14.3. The van der Waals surface area contributed by atoms with Crippen molar-refractivity contribution in [3.05, 3.63) is 47.9 Å². The topological polar surface area (TPSA) is 148 Å². The first kappa shape index (κ1) is 37.3. The van der Waals surface area contributed by atoms with Crippen LogP contribution in [-0.2, 0) is 20.4 Å². The molecule has 2 N–H and O–H groups in total. The van der Waals surface area contributed by atoms with Crippen LogP contribution >= 0.6 is 0 Å². The van der Waals surface area contributed by atoms with Crippen LogP contribution in [0.3, 0.4) is 0 Å². The minimum Gasteiger partial charge on any atom is -0.478 e. The molecule has 1 aliphatic carbocycles. The van der Waals surface area contributed by atoms with Crippen LogP contribution in [0.25, 0.3) is 22.4 Å². The monoisotopic (exact) mass is 712 g/mol. The molecule has 0 saturated heterocycles. The molecule has 1 fully saturated rings. The highest BCUT2D eigenvalue weighted by Crippen LogP contribution is 2.41. The van der Waals surface area contributed by atoms with Gasteiger partial charge in [-0.1, -0.05) is 19.3 Å². The van der Waals surface area contributed by atoms with Crippen molar-refractivity contribution in [2.24, 2.45) is 5.41 Å². The second kappa shape index (κ2) is 15.9. The number of hydrogen-bond donors (Lipinski definition) is 2. The third-order valence-corrected chi connectivity index (χ3v) is 8.85. The summed E-state index contributed by atoms with van der Waals surface area (Å²) >= 11 is 0. The fourth-order valence-electron chi connectivity index (χ4n) is 6.48. The number of nitrogens with one attached hydrogen (secondary N) is 2. The summed E-state index contributed by atoms with van der Waals surface area (Å²) in [6.45, 7) is 4.79. The zero-order valence-electron chi connectivity index (χ0n) is 29.4. The van der Waals surface area contributed by atoms with Gasteiger partial charge in [0.15, 0.2) is 5.65 Å². The van der Waals surface area contributed by atoms with Crippen LogP contribution in [0.1, 0.15) is 62.0 Å². The number of amides is 1. The number of fused-ring (bicyclic) bond motifs is 1.